The van der Waals surface area contributed by atoms with Crippen molar-refractivity contribution in [3.05, 3.63) is 59.7 Å². The Kier molecular flexibility index (Phi) is 3.39. The first kappa shape index (κ1) is 12.7. The molecule has 0 saturated heterocycles. The highest BCUT2D eigenvalue weighted by Crippen LogP contribution is 2.33. The van der Waals surface area contributed by atoms with Gasteiger partial charge in [-0.05, 0) is 18.7 Å². The van der Waals surface area contributed by atoms with Crippen LogP contribution in [0.4, 0.5) is 5.69 Å². The van der Waals surface area contributed by atoms with E-state index in [-0.39, 0.29) is 11.9 Å². The number of likely N-dealkylation sites (N-methyl/N-ethyl adjacent to an activating group) is 1. The van der Waals surface area contributed by atoms with Gasteiger partial charge in [-0.1, -0.05) is 36.4 Å². The number of carbonyl (C=O) groups excluding carboxylic acids is 1. The van der Waals surface area contributed by atoms with Gasteiger partial charge in [0.1, 0.15) is 18.4 Å². The first-order chi connectivity index (χ1) is 9.78. The number of hydrogen-bond acceptors (Lipinski definition) is 3. The van der Waals surface area contributed by atoms with E-state index in [4.69, 9.17) is 4.74 Å². The van der Waals surface area contributed by atoms with Crippen molar-refractivity contribution in [2.45, 2.75) is 12.6 Å². The van der Waals surface area contributed by atoms with E-state index in [0.29, 0.717) is 6.61 Å². The number of nitrogens with one attached hydrogen (secondary N) is 2. The molecule has 4 nitrogen and oxygen atoms in total. The summed E-state index contributed by atoms with van der Waals surface area (Å²) in [5.74, 6) is 0.729. The summed E-state index contributed by atoms with van der Waals surface area (Å²) < 4.78 is 5.75. The van der Waals surface area contributed by atoms with Crippen LogP contribution in [-0.2, 0) is 11.4 Å². The Hall–Kier alpha value is -2.33. The van der Waals surface area contributed by atoms with E-state index in [0.717, 1.165) is 22.6 Å². The van der Waals surface area contributed by atoms with Gasteiger partial charge in [0.25, 0.3) is 0 Å². The van der Waals surface area contributed by atoms with Crippen molar-refractivity contribution in [3.8, 4) is 5.75 Å². The van der Waals surface area contributed by atoms with Gasteiger partial charge >= 0.3 is 0 Å². The first-order valence-corrected chi connectivity index (χ1v) is 6.57. The molecule has 0 spiro atoms. The second-order valence-corrected chi connectivity index (χ2v) is 4.73. The van der Waals surface area contributed by atoms with Gasteiger partial charge in [0.2, 0.25) is 5.91 Å². The number of rotatable bonds is 4. The lowest BCUT2D eigenvalue weighted by atomic mass is 10.1. The fourth-order valence-corrected chi connectivity index (χ4v) is 2.36. The Bertz CT molecular complexity index is 626. The smallest absolute Gasteiger partial charge is 0.246 e. The third-order valence-electron chi connectivity index (χ3n) is 3.39. The number of ether oxygens (including phenoxy) is 1. The molecule has 1 atom stereocenters. The molecule has 1 aliphatic heterocycles. The zero-order valence-electron chi connectivity index (χ0n) is 11.2. The minimum Gasteiger partial charge on any atom is -0.489 e. The van der Waals surface area contributed by atoms with Crippen molar-refractivity contribution >= 4 is 11.6 Å². The lowest BCUT2D eigenvalue weighted by Crippen LogP contribution is -2.23. The average molecular weight is 268 g/mol. The number of fused-ring (bicyclic) bond motifs is 1. The van der Waals surface area contributed by atoms with E-state index in [2.05, 4.69) is 10.6 Å². The molecule has 20 heavy (non-hydrogen) atoms. The van der Waals surface area contributed by atoms with E-state index in [1.165, 1.54) is 0 Å². The van der Waals surface area contributed by atoms with Crippen LogP contribution in [-0.4, -0.2) is 13.0 Å². The van der Waals surface area contributed by atoms with E-state index >= 15 is 0 Å². The van der Waals surface area contributed by atoms with Gasteiger partial charge in [-0.3, -0.25) is 4.79 Å². The second kappa shape index (κ2) is 5.35. The maximum absolute atomic E-state index is 11.7. The molecule has 1 heterocycles. The number of carbonyl (C=O) groups is 1. The van der Waals surface area contributed by atoms with Crippen LogP contribution in [0.2, 0.25) is 0 Å². The number of benzene rings is 2. The summed E-state index contributed by atoms with van der Waals surface area (Å²) >= 11 is 0. The van der Waals surface area contributed by atoms with Crippen molar-refractivity contribution in [1.82, 2.24) is 5.32 Å². The van der Waals surface area contributed by atoms with Crippen molar-refractivity contribution in [2.24, 2.45) is 0 Å². The molecule has 0 aliphatic carbocycles. The van der Waals surface area contributed by atoms with Crippen LogP contribution in [0.15, 0.2) is 48.5 Å². The molecule has 3 rings (SSSR count). The van der Waals surface area contributed by atoms with Crippen molar-refractivity contribution in [1.29, 1.82) is 0 Å². The molecular formula is C16H16N2O2. The minimum absolute atomic E-state index is 0.0253. The van der Waals surface area contributed by atoms with Crippen LogP contribution in [0, 0.1) is 0 Å². The third-order valence-corrected chi connectivity index (χ3v) is 3.39. The number of amides is 1. The quantitative estimate of drug-likeness (QED) is 0.895. The summed E-state index contributed by atoms with van der Waals surface area (Å²) in [4.78, 5) is 11.7. The fourth-order valence-electron chi connectivity index (χ4n) is 2.36. The van der Waals surface area contributed by atoms with Crippen LogP contribution < -0.4 is 15.4 Å². The first-order valence-electron chi connectivity index (χ1n) is 6.57. The maximum atomic E-state index is 11.7. The van der Waals surface area contributed by atoms with Crippen molar-refractivity contribution < 1.29 is 9.53 Å². The topological polar surface area (TPSA) is 50.4 Å². The van der Waals surface area contributed by atoms with Gasteiger partial charge in [0, 0.05) is 17.3 Å². The molecule has 0 radical (unpaired) electrons. The second-order valence-electron chi connectivity index (χ2n) is 4.73. The molecule has 102 valence electrons. The molecular weight excluding hydrogens is 252 g/mol. The Morgan fingerprint density at radius 2 is 2.00 bits per heavy atom. The Morgan fingerprint density at radius 3 is 2.75 bits per heavy atom. The van der Waals surface area contributed by atoms with Gasteiger partial charge < -0.3 is 15.4 Å². The van der Waals surface area contributed by atoms with E-state index in [9.17, 15) is 4.79 Å². The van der Waals surface area contributed by atoms with Crippen LogP contribution in [0.3, 0.4) is 0 Å². The molecule has 0 aromatic heterocycles. The summed E-state index contributed by atoms with van der Waals surface area (Å²) in [6.07, 6.45) is 0. The molecule has 1 amide bonds. The number of anilines is 1. The highest BCUT2D eigenvalue weighted by molar-refractivity contribution is 6.02. The lowest BCUT2D eigenvalue weighted by molar-refractivity contribution is -0.117. The zero-order valence-corrected chi connectivity index (χ0v) is 11.2. The molecule has 2 aromatic rings. The van der Waals surface area contributed by atoms with Crippen LogP contribution >= 0.6 is 0 Å². The van der Waals surface area contributed by atoms with Gasteiger partial charge in [-0.25, -0.2) is 0 Å². The standard InChI is InChI=1S/C16H16N2O2/c1-17-15-13-8-7-12(9-14(13)18-16(15)19)20-10-11-5-3-2-4-6-11/h2-9,15,17H,10H2,1H3,(H,18,19). The van der Waals surface area contributed by atoms with Crippen LogP contribution in [0.25, 0.3) is 0 Å². The third kappa shape index (κ3) is 2.38. The highest BCUT2D eigenvalue weighted by Gasteiger charge is 2.29. The Morgan fingerprint density at radius 1 is 1.20 bits per heavy atom. The Balaban J connectivity index is 1.74. The van der Waals surface area contributed by atoms with E-state index in [1.807, 2.05) is 48.5 Å². The molecule has 1 unspecified atom stereocenters. The number of hydrogen-bond donors (Lipinski definition) is 2. The molecule has 0 saturated carbocycles. The predicted octanol–water partition coefficient (Wildman–Crippen LogP) is 2.48. The fraction of sp³-hybridized carbons (Fsp3) is 0.188. The molecule has 4 heteroatoms. The normalized spacial score (nSPS) is 16.6. The highest BCUT2D eigenvalue weighted by atomic mass is 16.5. The summed E-state index contributed by atoms with van der Waals surface area (Å²) in [6.45, 7) is 0.517. The van der Waals surface area contributed by atoms with Gasteiger partial charge in [-0.15, -0.1) is 0 Å². The molecule has 2 aromatic carbocycles. The maximum Gasteiger partial charge on any atom is 0.246 e. The molecule has 0 bridgehead atoms. The SMILES string of the molecule is CNC1C(=O)Nc2cc(OCc3ccccc3)ccc21. The van der Waals surface area contributed by atoms with Gasteiger partial charge in [-0.2, -0.15) is 0 Å². The monoisotopic (exact) mass is 268 g/mol. The van der Waals surface area contributed by atoms with E-state index in [1.54, 1.807) is 7.05 Å². The van der Waals surface area contributed by atoms with Crippen LogP contribution in [0.5, 0.6) is 5.75 Å². The zero-order chi connectivity index (χ0) is 13.9. The minimum atomic E-state index is -0.270. The van der Waals surface area contributed by atoms with Gasteiger partial charge in [0.05, 0.1) is 0 Å². The lowest BCUT2D eigenvalue weighted by Gasteiger charge is -2.09. The molecule has 1 aliphatic rings. The summed E-state index contributed by atoms with van der Waals surface area (Å²) in [6, 6.07) is 15.4. The van der Waals surface area contributed by atoms with Crippen molar-refractivity contribution in [3.63, 3.8) is 0 Å². The average Bonchev–Trinajstić information content (AvgIpc) is 2.80. The molecule has 0 fully saturated rings. The summed E-state index contributed by atoms with van der Waals surface area (Å²) in [5.41, 5.74) is 2.90. The summed E-state index contributed by atoms with van der Waals surface area (Å²) in [5, 5.41) is 5.85. The van der Waals surface area contributed by atoms with E-state index < -0.39 is 0 Å². The van der Waals surface area contributed by atoms with Gasteiger partial charge in [0.15, 0.2) is 0 Å². The van der Waals surface area contributed by atoms with Crippen molar-refractivity contribution in [2.75, 3.05) is 12.4 Å². The van der Waals surface area contributed by atoms with Crippen LogP contribution in [0.1, 0.15) is 17.2 Å². The predicted molar refractivity (Wildman–Crippen MR) is 77.6 cm³/mol. The Labute approximate surface area is 117 Å². The largest absolute Gasteiger partial charge is 0.489 e. The molecule has 2 N–H and O–H groups in total. The summed E-state index contributed by atoms with van der Waals surface area (Å²) in [7, 11) is 1.78.